The summed E-state index contributed by atoms with van der Waals surface area (Å²) in [5.41, 5.74) is 1.23. The van der Waals surface area contributed by atoms with Crippen LogP contribution < -0.4 is 9.47 Å². The van der Waals surface area contributed by atoms with E-state index in [2.05, 4.69) is 24.1 Å². The minimum absolute atomic E-state index is 0.674. The Morgan fingerprint density at radius 2 is 1.55 bits per heavy atom. The number of nitrogens with zero attached hydrogens (tertiary/aromatic N) is 1. The van der Waals surface area contributed by atoms with Crippen LogP contribution in [0.5, 0.6) is 17.2 Å². The van der Waals surface area contributed by atoms with Crippen molar-refractivity contribution in [2.75, 3.05) is 26.7 Å². The largest absolute Gasteiger partial charge is 0.488 e. The number of hydrogen-bond donors (Lipinski definition) is 0. The maximum atomic E-state index is 6.07. The molecule has 1 heterocycles. The Morgan fingerprint density at radius 3 is 2.40 bits per heavy atom. The monoisotopic (exact) mass is 269 g/mol. The summed E-state index contributed by atoms with van der Waals surface area (Å²) in [6, 6.07) is 16.1. The molecule has 0 aromatic heterocycles. The molecular weight excluding hydrogens is 250 g/mol. The molecule has 0 N–H and O–H groups in total. The molecule has 104 valence electrons. The Morgan fingerprint density at radius 1 is 0.850 bits per heavy atom. The van der Waals surface area contributed by atoms with Gasteiger partial charge in [0.05, 0.1) is 0 Å². The van der Waals surface area contributed by atoms with E-state index in [1.165, 1.54) is 5.56 Å². The Balaban J connectivity index is 1.97. The predicted octanol–water partition coefficient (Wildman–Crippen LogP) is 3.35. The minimum atomic E-state index is 0.674. The van der Waals surface area contributed by atoms with Crippen molar-refractivity contribution >= 4 is 0 Å². The van der Waals surface area contributed by atoms with E-state index >= 15 is 0 Å². The lowest BCUT2D eigenvalue weighted by atomic mass is 10.1. The number of fused-ring (bicyclic) bond motifs is 2. The van der Waals surface area contributed by atoms with Crippen LogP contribution in [0.15, 0.2) is 48.5 Å². The van der Waals surface area contributed by atoms with Gasteiger partial charge in [0.15, 0.2) is 11.5 Å². The maximum Gasteiger partial charge on any atom is 0.169 e. The molecule has 2 aromatic carbocycles. The maximum absolute atomic E-state index is 6.07. The molecule has 0 atom stereocenters. The standard InChI is InChI=1S/C17H19NO2/c1-18-11-10-14-6-2-3-7-15(14)20-17-9-5-4-8-16(17)19-13-12-18/h2-9H,10-13H2,1H3. The third-order valence-electron chi connectivity index (χ3n) is 3.54. The molecule has 2 aromatic rings. The van der Waals surface area contributed by atoms with Crippen molar-refractivity contribution in [2.24, 2.45) is 0 Å². The molecule has 0 aliphatic carbocycles. The van der Waals surface area contributed by atoms with E-state index in [0.29, 0.717) is 6.61 Å². The first-order chi connectivity index (χ1) is 9.83. The smallest absolute Gasteiger partial charge is 0.169 e. The summed E-state index contributed by atoms with van der Waals surface area (Å²) >= 11 is 0. The average molecular weight is 269 g/mol. The third-order valence-corrected chi connectivity index (χ3v) is 3.54. The van der Waals surface area contributed by atoms with Gasteiger partial charge in [-0.05, 0) is 37.2 Å². The number of rotatable bonds is 0. The van der Waals surface area contributed by atoms with Crippen molar-refractivity contribution in [1.29, 1.82) is 0 Å². The van der Waals surface area contributed by atoms with Gasteiger partial charge < -0.3 is 14.4 Å². The van der Waals surface area contributed by atoms with E-state index in [4.69, 9.17) is 9.47 Å². The molecule has 0 spiro atoms. The first kappa shape index (κ1) is 13.0. The predicted molar refractivity (Wildman–Crippen MR) is 79.7 cm³/mol. The second-order valence-corrected chi connectivity index (χ2v) is 5.06. The summed E-state index contributed by atoms with van der Waals surface area (Å²) < 4.78 is 11.9. The lowest BCUT2D eigenvalue weighted by Crippen LogP contribution is -2.26. The molecule has 0 saturated carbocycles. The average Bonchev–Trinajstić information content (AvgIpc) is 2.50. The van der Waals surface area contributed by atoms with E-state index in [1.54, 1.807) is 0 Å². The van der Waals surface area contributed by atoms with Crippen LogP contribution in [0.4, 0.5) is 0 Å². The van der Waals surface area contributed by atoms with Crippen LogP contribution in [0.1, 0.15) is 5.56 Å². The van der Waals surface area contributed by atoms with Crippen molar-refractivity contribution in [1.82, 2.24) is 4.90 Å². The zero-order valence-corrected chi connectivity index (χ0v) is 11.7. The molecular formula is C17H19NO2. The minimum Gasteiger partial charge on any atom is -0.488 e. The quantitative estimate of drug-likeness (QED) is 0.732. The van der Waals surface area contributed by atoms with E-state index in [1.807, 2.05) is 36.4 Å². The molecule has 3 heteroatoms. The fourth-order valence-corrected chi connectivity index (χ4v) is 2.32. The number of ether oxygens (including phenoxy) is 2. The molecule has 1 aliphatic heterocycles. The fraction of sp³-hybridized carbons (Fsp3) is 0.294. The van der Waals surface area contributed by atoms with E-state index in [-0.39, 0.29) is 0 Å². The summed E-state index contributed by atoms with van der Waals surface area (Å²) in [5, 5.41) is 0. The summed E-state index contributed by atoms with van der Waals surface area (Å²) in [6.45, 7) is 2.59. The van der Waals surface area contributed by atoms with Crippen LogP contribution in [0.25, 0.3) is 0 Å². The number of benzene rings is 2. The zero-order valence-electron chi connectivity index (χ0n) is 11.7. The lowest BCUT2D eigenvalue weighted by molar-refractivity contribution is 0.236. The highest BCUT2D eigenvalue weighted by Crippen LogP contribution is 2.33. The van der Waals surface area contributed by atoms with Gasteiger partial charge in [0, 0.05) is 13.1 Å². The molecule has 0 bridgehead atoms. The Bertz CT molecular complexity index is 583. The normalized spacial score (nSPS) is 16.1. The topological polar surface area (TPSA) is 21.7 Å². The van der Waals surface area contributed by atoms with Gasteiger partial charge in [0.2, 0.25) is 0 Å². The lowest BCUT2D eigenvalue weighted by Gasteiger charge is -2.16. The van der Waals surface area contributed by atoms with Gasteiger partial charge in [-0.1, -0.05) is 30.3 Å². The highest BCUT2D eigenvalue weighted by molar-refractivity contribution is 5.45. The second kappa shape index (κ2) is 5.97. The van der Waals surface area contributed by atoms with Gasteiger partial charge >= 0.3 is 0 Å². The zero-order chi connectivity index (χ0) is 13.8. The Hall–Kier alpha value is -2.00. The van der Waals surface area contributed by atoms with Crippen LogP contribution >= 0.6 is 0 Å². The summed E-state index contributed by atoms with van der Waals surface area (Å²) in [6.07, 6.45) is 0.981. The Labute approximate surface area is 119 Å². The molecule has 0 fully saturated rings. The molecule has 20 heavy (non-hydrogen) atoms. The summed E-state index contributed by atoms with van der Waals surface area (Å²) in [4.78, 5) is 2.28. The molecule has 3 rings (SSSR count). The SMILES string of the molecule is CN1CCOc2ccccc2Oc2ccccc2CC1. The highest BCUT2D eigenvalue weighted by atomic mass is 16.5. The second-order valence-electron chi connectivity index (χ2n) is 5.06. The van der Waals surface area contributed by atoms with Gasteiger partial charge in [0.25, 0.3) is 0 Å². The highest BCUT2D eigenvalue weighted by Gasteiger charge is 2.11. The van der Waals surface area contributed by atoms with Gasteiger partial charge in [-0.2, -0.15) is 0 Å². The van der Waals surface area contributed by atoms with E-state index in [9.17, 15) is 0 Å². The summed E-state index contributed by atoms with van der Waals surface area (Å²) in [5.74, 6) is 2.50. The van der Waals surface area contributed by atoms with Crippen molar-refractivity contribution < 1.29 is 9.47 Å². The fourth-order valence-electron chi connectivity index (χ4n) is 2.32. The van der Waals surface area contributed by atoms with Crippen LogP contribution in [-0.2, 0) is 6.42 Å². The first-order valence-corrected chi connectivity index (χ1v) is 6.99. The van der Waals surface area contributed by atoms with Crippen LogP contribution in [0.3, 0.4) is 0 Å². The molecule has 0 unspecified atom stereocenters. The molecule has 0 saturated heterocycles. The summed E-state index contributed by atoms with van der Waals surface area (Å²) in [7, 11) is 2.12. The number of para-hydroxylation sites is 3. The van der Waals surface area contributed by atoms with Crippen molar-refractivity contribution in [2.45, 2.75) is 6.42 Å². The molecule has 1 aliphatic rings. The van der Waals surface area contributed by atoms with Crippen molar-refractivity contribution in [3.63, 3.8) is 0 Å². The molecule has 0 radical (unpaired) electrons. The van der Waals surface area contributed by atoms with Gasteiger partial charge in [-0.25, -0.2) is 0 Å². The van der Waals surface area contributed by atoms with Gasteiger partial charge in [-0.3, -0.25) is 0 Å². The number of hydrogen-bond acceptors (Lipinski definition) is 3. The third kappa shape index (κ3) is 2.94. The van der Waals surface area contributed by atoms with E-state index < -0.39 is 0 Å². The molecule has 3 nitrogen and oxygen atoms in total. The first-order valence-electron chi connectivity index (χ1n) is 6.99. The van der Waals surface area contributed by atoms with Crippen molar-refractivity contribution in [3.8, 4) is 17.2 Å². The number of likely N-dealkylation sites (N-methyl/N-ethyl adjacent to an activating group) is 1. The molecule has 0 amide bonds. The van der Waals surface area contributed by atoms with Crippen LogP contribution in [-0.4, -0.2) is 31.6 Å². The van der Waals surface area contributed by atoms with Crippen LogP contribution in [0, 0.1) is 0 Å². The van der Waals surface area contributed by atoms with Crippen molar-refractivity contribution in [3.05, 3.63) is 54.1 Å². The Kier molecular flexibility index (Phi) is 3.88. The van der Waals surface area contributed by atoms with Gasteiger partial charge in [0.1, 0.15) is 12.4 Å². The van der Waals surface area contributed by atoms with E-state index in [0.717, 1.165) is 36.8 Å². The van der Waals surface area contributed by atoms with Crippen LogP contribution in [0.2, 0.25) is 0 Å². The van der Waals surface area contributed by atoms with Gasteiger partial charge in [-0.15, -0.1) is 0 Å².